The van der Waals surface area contributed by atoms with Gasteiger partial charge in [0.1, 0.15) is 6.33 Å². The third kappa shape index (κ3) is 4.23. The first-order chi connectivity index (χ1) is 14.6. The number of fused-ring (bicyclic) bond motifs is 2. The predicted octanol–water partition coefficient (Wildman–Crippen LogP) is 3.01. The Morgan fingerprint density at radius 2 is 2.07 bits per heavy atom. The number of carbonyl (C=O) groups excluding carboxylic acids is 1. The molecule has 0 saturated carbocycles. The molecule has 1 aromatic carbocycles. The smallest absolute Gasteiger partial charge is 0.243 e. The second kappa shape index (κ2) is 8.94. The summed E-state index contributed by atoms with van der Waals surface area (Å²) in [6.45, 7) is 0.789. The lowest BCUT2D eigenvalue weighted by Gasteiger charge is -2.09. The average Bonchev–Trinajstić information content (AvgIpc) is 3.33. The summed E-state index contributed by atoms with van der Waals surface area (Å²) < 4.78 is 12.8. The summed E-state index contributed by atoms with van der Waals surface area (Å²) >= 11 is 7.80. The van der Waals surface area contributed by atoms with Gasteiger partial charge in [0, 0.05) is 23.9 Å². The molecule has 158 valence electrons. The number of nitrogens with two attached hydrogens (primary N) is 1. The number of hydrogen-bond acceptors (Lipinski definition) is 9. The van der Waals surface area contributed by atoms with Gasteiger partial charge in [-0.2, -0.15) is 0 Å². The number of imidazole rings is 1. The van der Waals surface area contributed by atoms with Crippen LogP contribution in [0.15, 0.2) is 28.5 Å². The van der Waals surface area contributed by atoms with Crippen molar-refractivity contribution in [3.63, 3.8) is 0 Å². The summed E-state index contributed by atoms with van der Waals surface area (Å²) in [4.78, 5) is 24.9. The number of hydrogen-bond donors (Lipinski definition) is 3. The number of nitrogens with zero attached hydrogens (tertiary/aromatic N) is 4. The maximum atomic E-state index is 11.1. The number of unbranched alkanes of at least 4 members (excludes halogenated alkanes) is 2. The fourth-order valence-electron chi connectivity index (χ4n) is 3.08. The van der Waals surface area contributed by atoms with E-state index in [9.17, 15) is 4.79 Å². The van der Waals surface area contributed by atoms with Crippen LogP contribution in [0.5, 0.6) is 11.5 Å². The lowest BCUT2D eigenvalue weighted by atomic mass is 10.2. The van der Waals surface area contributed by atoms with E-state index < -0.39 is 5.91 Å². The fourth-order valence-corrected chi connectivity index (χ4v) is 4.29. The third-order valence-corrected chi connectivity index (χ3v) is 6.04. The number of hydroxylamine groups is 1. The van der Waals surface area contributed by atoms with Gasteiger partial charge in [-0.3, -0.25) is 10.0 Å². The molecule has 3 heterocycles. The van der Waals surface area contributed by atoms with E-state index in [2.05, 4.69) is 15.0 Å². The standard InChI is InChI=1S/C18H19ClN6O4S/c19-10-6-11-12(29-9-28-11)7-13(10)30-18-23-15-16(20)21-8-22-17(15)25(18)5-3-1-2-4-14(26)24-27/h6-8,27H,1-5,9H2,(H,24,26)(H2,20,21,22). The Morgan fingerprint density at radius 1 is 1.27 bits per heavy atom. The zero-order valence-electron chi connectivity index (χ0n) is 15.8. The predicted molar refractivity (Wildman–Crippen MR) is 110 cm³/mol. The fraction of sp³-hybridized carbons (Fsp3) is 0.333. The minimum absolute atomic E-state index is 0.165. The van der Waals surface area contributed by atoms with Crippen molar-refractivity contribution in [1.82, 2.24) is 25.0 Å². The van der Waals surface area contributed by atoms with Crippen molar-refractivity contribution in [2.45, 2.75) is 42.3 Å². The Kier molecular flexibility index (Phi) is 6.11. The molecule has 3 aromatic rings. The molecule has 0 spiro atoms. The highest BCUT2D eigenvalue weighted by Crippen LogP contribution is 2.43. The Morgan fingerprint density at radius 3 is 2.87 bits per heavy atom. The van der Waals surface area contributed by atoms with E-state index in [1.807, 2.05) is 10.6 Å². The second-order valence-corrected chi connectivity index (χ2v) is 7.98. The quantitative estimate of drug-likeness (QED) is 0.268. The highest BCUT2D eigenvalue weighted by Gasteiger charge is 2.20. The van der Waals surface area contributed by atoms with E-state index >= 15 is 0 Å². The number of benzene rings is 1. The zero-order chi connectivity index (χ0) is 21.1. The minimum Gasteiger partial charge on any atom is -0.454 e. The van der Waals surface area contributed by atoms with E-state index in [1.54, 1.807) is 11.5 Å². The number of aromatic nitrogens is 4. The van der Waals surface area contributed by atoms with Crippen LogP contribution >= 0.6 is 23.4 Å². The van der Waals surface area contributed by atoms with Crippen LogP contribution in [0.3, 0.4) is 0 Å². The number of nitrogens with one attached hydrogen (secondary N) is 1. The number of carbonyl (C=O) groups is 1. The minimum atomic E-state index is -0.391. The molecule has 30 heavy (non-hydrogen) atoms. The van der Waals surface area contributed by atoms with Crippen molar-refractivity contribution in [2.75, 3.05) is 12.5 Å². The Balaban J connectivity index is 1.57. The summed E-state index contributed by atoms with van der Waals surface area (Å²) in [6, 6.07) is 3.54. The van der Waals surface area contributed by atoms with Crippen LogP contribution in [0.2, 0.25) is 5.02 Å². The topological polar surface area (TPSA) is 137 Å². The van der Waals surface area contributed by atoms with Crippen LogP contribution in [-0.2, 0) is 11.3 Å². The highest BCUT2D eigenvalue weighted by atomic mass is 35.5. The largest absolute Gasteiger partial charge is 0.454 e. The molecule has 10 nitrogen and oxygen atoms in total. The molecule has 4 rings (SSSR count). The van der Waals surface area contributed by atoms with Crippen LogP contribution in [0.25, 0.3) is 11.2 Å². The number of aryl methyl sites for hydroxylation is 1. The third-order valence-electron chi connectivity index (χ3n) is 4.56. The summed E-state index contributed by atoms with van der Waals surface area (Å²) in [6.07, 6.45) is 3.92. The summed E-state index contributed by atoms with van der Waals surface area (Å²) in [7, 11) is 0. The number of anilines is 1. The van der Waals surface area contributed by atoms with Gasteiger partial charge in [-0.1, -0.05) is 18.0 Å². The van der Waals surface area contributed by atoms with Crippen molar-refractivity contribution in [3.05, 3.63) is 23.5 Å². The van der Waals surface area contributed by atoms with Gasteiger partial charge >= 0.3 is 0 Å². The van der Waals surface area contributed by atoms with Crippen LogP contribution in [-0.4, -0.2) is 37.4 Å². The van der Waals surface area contributed by atoms with Gasteiger partial charge < -0.3 is 19.8 Å². The van der Waals surface area contributed by atoms with Gasteiger partial charge in [-0.05, 0) is 30.7 Å². The van der Waals surface area contributed by atoms with Crippen molar-refractivity contribution in [2.24, 2.45) is 0 Å². The summed E-state index contributed by atoms with van der Waals surface area (Å²) in [5.74, 6) is 1.15. The van der Waals surface area contributed by atoms with Gasteiger partial charge in [-0.15, -0.1) is 0 Å². The second-order valence-electron chi connectivity index (χ2n) is 6.56. The monoisotopic (exact) mass is 450 g/mol. The number of halogens is 1. The molecule has 12 heteroatoms. The average molecular weight is 451 g/mol. The molecule has 1 amide bonds. The molecule has 0 saturated heterocycles. The summed E-state index contributed by atoms with van der Waals surface area (Å²) in [5, 5.41) is 9.77. The summed E-state index contributed by atoms with van der Waals surface area (Å²) in [5.41, 5.74) is 8.79. The lowest BCUT2D eigenvalue weighted by molar-refractivity contribution is -0.129. The molecule has 0 aliphatic carbocycles. The molecular formula is C18H19ClN6O4S. The number of ether oxygens (including phenoxy) is 2. The van der Waals surface area contributed by atoms with Gasteiger partial charge in [0.2, 0.25) is 12.7 Å². The first-order valence-corrected chi connectivity index (χ1v) is 10.4. The molecule has 1 aliphatic rings. The molecular weight excluding hydrogens is 432 g/mol. The zero-order valence-corrected chi connectivity index (χ0v) is 17.4. The maximum Gasteiger partial charge on any atom is 0.243 e. The number of nitrogen functional groups attached to an aromatic ring is 1. The van der Waals surface area contributed by atoms with Crippen molar-refractivity contribution < 1.29 is 19.5 Å². The van der Waals surface area contributed by atoms with Gasteiger partial charge in [0.05, 0.1) is 5.02 Å². The van der Waals surface area contributed by atoms with E-state index in [0.717, 1.165) is 17.7 Å². The maximum absolute atomic E-state index is 11.1. The van der Waals surface area contributed by atoms with E-state index in [4.69, 9.17) is 32.0 Å². The molecule has 0 atom stereocenters. The molecule has 0 bridgehead atoms. The normalized spacial score (nSPS) is 12.5. The molecule has 4 N–H and O–H groups in total. The van der Waals surface area contributed by atoms with E-state index in [1.165, 1.54) is 18.1 Å². The molecule has 0 radical (unpaired) electrons. The first-order valence-electron chi connectivity index (χ1n) is 9.23. The molecule has 2 aromatic heterocycles. The van der Waals surface area contributed by atoms with Gasteiger partial charge in [0.25, 0.3) is 0 Å². The Labute approximate surface area is 180 Å². The van der Waals surface area contributed by atoms with E-state index in [-0.39, 0.29) is 13.2 Å². The first kappa shape index (κ1) is 20.5. The van der Waals surface area contributed by atoms with Crippen LogP contribution < -0.4 is 20.7 Å². The number of amides is 1. The van der Waals surface area contributed by atoms with Crippen molar-refractivity contribution in [1.29, 1.82) is 0 Å². The van der Waals surface area contributed by atoms with Crippen molar-refractivity contribution >= 4 is 46.3 Å². The SMILES string of the molecule is Nc1ncnc2c1nc(Sc1cc3c(cc1Cl)OCO3)n2CCCCCC(=O)NO. The highest BCUT2D eigenvalue weighted by molar-refractivity contribution is 7.99. The Hall–Kier alpha value is -2.76. The number of rotatable bonds is 8. The molecule has 0 fully saturated rings. The van der Waals surface area contributed by atoms with Gasteiger partial charge in [0.15, 0.2) is 33.6 Å². The molecule has 0 unspecified atom stereocenters. The van der Waals surface area contributed by atoms with Gasteiger partial charge in [-0.25, -0.2) is 20.4 Å². The molecule has 1 aliphatic heterocycles. The lowest BCUT2D eigenvalue weighted by Crippen LogP contribution is -2.17. The van der Waals surface area contributed by atoms with Crippen LogP contribution in [0, 0.1) is 0 Å². The van der Waals surface area contributed by atoms with Crippen molar-refractivity contribution in [3.8, 4) is 11.5 Å². The van der Waals surface area contributed by atoms with Crippen LogP contribution in [0.4, 0.5) is 5.82 Å². The van der Waals surface area contributed by atoms with Crippen LogP contribution in [0.1, 0.15) is 25.7 Å². The Bertz CT molecular complexity index is 1090. The van der Waals surface area contributed by atoms with E-state index in [0.29, 0.717) is 51.6 Å².